The SMILES string of the molecule is Cn1c(C2CCCCN2C(=O)c2cc(-c3ccccn3)n[nH]2)nc2ccccc21. The van der Waals surface area contributed by atoms with E-state index in [9.17, 15) is 4.79 Å². The quantitative estimate of drug-likeness (QED) is 0.582. The van der Waals surface area contributed by atoms with Gasteiger partial charge in [0.2, 0.25) is 0 Å². The highest BCUT2D eigenvalue weighted by atomic mass is 16.2. The van der Waals surface area contributed by atoms with Crippen LogP contribution in [0, 0.1) is 0 Å². The lowest BCUT2D eigenvalue weighted by atomic mass is 10.0. The first-order chi connectivity index (χ1) is 14.2. The summed E-state index contributed by atoms with van der Waals surface area (Å²) in [5.74, 6) is 0.889. The van der Waals surface area contributed by atoms with Crippen molar-refractivity contribution in [1.29, 1.82) is 0 Å². The van der Waals surface area contributed by atoms with Crippen molar-refractivity contribution in [3.8, 4) is 11.4 Å². The van der Waals surface area contributed by atoms with Crippen molar-refractivity contribution in [2.24, 2.45) is 7.05 Å². The molecule has 1 saturated heterocycles. The Kier molecular flexibility index (Phi) is 4.35. The molecule has 4 aromatic rings. The Bertz CT molecular complexity index is 1160. The predicted octanol–water partition coefficient (Wildman–Crippen LogP) is 3.73. The van der Waals surface area contributed by atoms with Gasteiger partial charge < -0.3 is 9.47 Å². The maximum atomic E-state index is 13.4. The number of imidazole rings is 1. The molecular formula is C22H22N6O. The molecule has 7 nitrogen and oxygen atoms in total. The first kappa shape index (κ1) is 17.6. The number of carbonyl (C=O) groups excluding carboxylic acids is 1. The summed E-state index contributed by atoms with van der Waals surface area (Å²) in [7, 11) is 2.03. The van der Waals surface area contributed by atoms with E-state index in [1.54, 1.807) is 12.3 Å². The van der Waals surface area contributed by atoms with E-state index in [0.29, 0.717) is 17.9 Å². The van der Waals surface area contributed by atoms with E-state index in [-0.39, 0.29) is 11.9 Å². The van der Waals surface area contributed by atoms with Crippen molar-refractivity contribution in [2.45, 2.75) is 25.3 Å². The maximum absolute atomic E-state index is 13.4. The highest BCUT2D eigenvalue weighted by Crippen LogP contribution is 2.33. The standard InChI is InChI=1S/C22H22N6O/c1-27-19-10-3-2-9-16(19)24-21(27)20-11-5-7-13-28(20)22(29)18-14-17(25-26-18)15-8-4-6-12-23-15/h2-4,6,8-10,12,14,20H,5,7,11,13H2,1H3,(H,25,26). The number of amides is 1. The molecule has 0 bridgehead atoms. The molecular weight excluding hydrogens is 364 g/mol. The van der Waals surface area contributed by atoms with E-state index in [4.69, 9.17) is 4.98 Å². The van der Waals surface area contributed by atoms with Gasteiger partial charge in [-0.1, -0.05) is 18.2 Å². The van der Waals surface area contributed by atoms with Crippen LogP contribution in [-0.2, 0) is 7.05 Å². The molecule has 0 aliphatic carbocycles. The van der Waals surface area contributed by atoms with Crippen LogP contribution in [0.4, 0.5) is 0 Å². The second kappa shape index (κ2) is 7.16. The highest BCUT2D eigenvalue weighted by molar-refractivity contribution is 5.93. The number of nitrogens with one attached hydrogen (secondary N) is 1. The van der Waals surface area contributed by atoms with Gasteiger partial charge in [0.1, 0.15) is 17.2 Å². The molecule has 7 heteroatoms. The topological polar surface area (TPSA) is 79.7 Å². The van der Waals surface area contributed by atoms with Crippen LogP contribution in [0.5, 0.6) is 0 Å². The molecule has 0 saturated carbocycles. The van der Waals surface area contributed by atoms with Crippen molar-refractivity contribution in [2.75, 3.05) is 6.54 Å². The molecule has 1 aromatic carbocycles. The Labute approximate surface area is 168 Å². The van der Waals surface area contributed by atoms with Gasteiger partial charge in [0, 0.05) is 19.8 Å². The highest BCUT2D eigenvalue weighted by Gasteiger charge is 2.32. The second-order valence-corrected chi connectivity index (χ2v) is 7.41. The summed E-state index contributed by atoms with van der Waals surface area (Å²) < 4.78 is 2.11. The van der Waals surface area contributed by atoms with Gasteiger partial charge in [-0.2, -0.15) is 5.10 Å². The minimum Gasteiger partial charge on any atom is -0.329 e. The summed E-state index contributed by atoms with van der Waals surface area (Å²) in [5.41, 5.74) is 3.94. The van der Waals surface area contributed by atoms with Gasteiger partial charge in [0.05, 0.1) is 22.8 Å². The second-order valence-electron chi connectivity index (χ2n) is 7.41. The van der Waals surface area contributed by atoms with E-state index in [1.807, 2.05) is 48.3 Å². The maximum Gasteiger partial charge on any atom is 0.272 e. The molecule has 0 spiro atoms. The summed E-state index contributed by atoms with van der Waals surface area (Å²) in [4.78, 5) is 24.4. The minimum atomic E-state index is -0.0461. The molecule has 1 fully saturated rings. The first-order valence-corrected chi connectivity index (χ1v) is 9.91. The molecule has 3 aromatic heterocycles. The van der Waals surface area contributed by atoms with Gasteiger partial charge in [-0.3, -0.25) is 14.9 Å². The zero-order valence-corrected chi connectivity index (χ0v) is 16.2. The largest absolute Gasteiger partial charge is 0.329 e. The van der Waals surface area contributed by atoms with Crippen molar-refractivity contribution < 1.29 is 4.79 Å². The number of hydrogen-bond acceptors (Lipinski definition) is 4. The number of benzene rings is 1. The Balaban J connectivity index is 1.48. The zero-order valence-electron chi connectivity index (χ0n) is 16.2. The fraction of sp³-hybridized carbons (Fsp3) is 0.273. The van der Waals surface area contributed by atoms with Crippen LogP contribution in [0.3, 0.4) is 0 Å². The molecule has 1 aliphatic heterocycles. The van der Waals surface area contributed by atoms with Crippen molar-refractivity contribution in [3.63, 3.8) is 0 Å². The average molecular weight is 386 g/mol. The smallest absolute Gasteiger partial charge is 0.272 e. The number of hydrogen-bond donors (Lipinski definition) is 1. The Morgan fingerprint density at radius 1 is 1.10 bits per heavy atom. The lowest BCUT2D eigenvalue weighted by molar-refractivity contribution is 0.0591. The first-order valence-electron chi connectivity index (χ1n) is 9.91. The number of aromatic amines is 1. The van der Waals surface area contributed by atoms with Crippen LogP contribution in [0.15, 0.2) is 54.7 Å². The molecule has 1 amide bonds. The van der Waals surface area contributed by atoms with Gasteiger partial charge in [-0.25, -0.2) is 4.98 Å². The number of rotatable bonds is 3. The van der Waals surface area contributed by atoms with Crippen molar-refractivity contribution in [1.82, 2.24) is 29.6 Å². The van der Waals surface area contributed by atoms with Gasteiger partial charge in [0.15, 0.2) is 0 Å². The Morgan fingerprint density at radius 2 is 1.97 bits per heavy atom. The summed E-state index contributed by atoms with van der Waals surface area (Å²) in [6.45, 7) is 0.713. The number of aromatic nitrogens is 5. The van der Waals surface area contributed by atoms with Crippen LogP contribution in [0.2, 0.25) is 0 Å². The van der Waals surface area contributed by atoms with Crippen LogP contribution >= 0.6 is 0 Å². The number of H-pyrrole nitrogens is 1. The van der Waals surface area contributed by atoms with Crippen LogP contribution < -0.4 is 0 Å². The molecule has 1 atom stereocenters. The van der Waals surface area contributed by atoms with Gasteiger partial charge in [0.25, 0.3) is 5.91 Å². The summed E-state index contributed by atoms with van der Waals surface area (Å²) in [5, 5.41) is 7.20. The van der Waals surface area contributed by atoms with Crippen LogP contribution in [0.25, 0.3) is 22.4 Å². The summed E-state index contributed by atoms with van der Waals surface area (Å²) in [6.07, 6.45) is 4.70. The Hall–Kier alpha value is -3.48. The molecule has 1 N–H and O–H groups in total. The van der Waals surface area contributed by atoms with Gasteiger partial charge in [-0.05, 0) is 49.6 Å². The number of pyridine rings is 1. The number of aryl methyl sites for hydroxylation is 1. The van der Waals surface area contributed by atoms with E-state index in [0.717, 1.165) is 41.8 Å². The third kappa shape index (κ3) is 3.08. The van der Waals surface area contributed by atoms with Crippen molar-refractivity contribution >= 4 is 16.9 Å². The minimum absolute atomic E-state index is 0.0450. The zero-order chi connectivity index (χ0) is 19.8. The number of likely N-dealkylation sites (tertiary alicyclic amines) is 1. The molecule has 146 valence electrons. The molecule has 5 rings (SSSR count). The third-order valence-corrected chi connectivity index (χ3v) is 5.62. The molecule has 1 aliphatic rings. The third-order valence-electron chi connectivity index (χ3n) is 5.62. The number of carbonyl (C=O) groups is 1. The normalized spacial score (nSPS) is 17.0. The molecule has 29 heavy (non-hydrogen) atoms. The van der Waals surface area contributed by atoms with Gasteiger partial charge in [-0.15, -0.1) is 0 Å². The number of piperidine rings is 1. The fourth-order valence-electron chi connectivity index (χ4n) is 4.14. The van der Waals surface area contributed by atoms with Crippen molar-refractivity contribution in [3.05, 3.63) is 66.2 Å². The van der Waals surface area contributed by atoms with Crippen LogP contribution in [0.1, 0.15) is 41.6 Å². The Morgan fingerprint density at radius 3 is 2.79 bits per heavy atom. The predicted molar refractivity (Wildman–Crippen MR) is 110 cm³/mol. The number of nitrogens with zero attached hydrogens (tertiary/aromatic N) is 5. The summed E-state index contributed by atoms with van der Waals surface area (Å²) >= 11 is 0. The van der Waals surface area contributed by atoms with E-state index < -0.39 is 0 Å². The number of fused-ring (bicyclic) bond motifs is 1. The summed E-state index contributed by atoms with van der Waals surface area (Å²) in [6, 6.07) is 15.5. The molecule has 0 radical (unpaired) electrons. The van der Waals surface area contributed by atoms with Crippen LogP contribution in [-0.4, -0.2) is 42.1 Å². The molecule has 1 unspecified atom stereocenters. The monoisotopic (exact) mass is 386 g/mol. The number of para-hydroxylation sites is 2. The lowest BCUT2D eigenvalue weighted by Crippen LogP contribution is -2.39. The molecule has 4 heterocycles. The van der Waals surface area contributed by atoms with E-state index in [1.165, 1.54) is 0 Å². The lowest BCUT2D eigenvalue weighted by Gasteiger charge is -2.35. The van der Waals surface area contributed by atoms with E-state index >= 15 is 0 Å². The average Bonchev–Trinajstić information content (AvgIpc) is 3.40. The fourth-order valence-corrected chi connectivity index (χ4v) is 4.14. The van der Waals surface area contributed by atoms with Gasteiger partial charge >= 0.3 is 0 Å². The van der Waals surface area contributed by atoms with E-state index in [2.05, 4.69) is 25.8 Å².